The van der Waals surface area contributed by atoms with E-state index in [2.05, 4.69) is 10.8 Å². The number of benzene rings is 2. The molecule has 7 heteroatoms. The third-order valence-electron chi connectivity index (χ3n) is 3.84. The molecule has 0 heterocycles. The quantitative estimate of drug-likeness (QED) is 0.874. The number of rotatable bonds is 4. The van der Waals surface area contributed by atoms with Crippen LogP contribution in [0.1, 0.15) is 18.4 Å². The Morgan fingerprint density at radius 3 is 2.30 bits per heavy atom. The molecule has 0 saturated heterocycles. The van der Waals surface area contributed by atoms with E-state index in [1.807, 2.05) is 0 Å². The van der Waals surface area contributed by atoms with Crippen molar-refractivity contribution in [3.05, 3.63) is 58.1 Å². The van der Waals surface area contributed by atoms with E-state index in [-0.39, 0.29) is 14.9 Å². The summed E-state index contributed by atoms with van der Waals surface area (Å²) in [6, 6.07) is 13.4. The van der Waals surface area contributed by atoms with E-state index in [0.717, 1.165) is 18.4 Å². The van der Waals surface area contributed by atoms with Gasteiger partial charge in [0.1, 0.15) is 4.90 Å². The van der Waals surface area contributed by atoms with Gasteiger partial charge < -0.3 is 0 Å². The van der Waals surface area contributed by atoms with Crippen molar-refractivity contribution in [2.24, 2.45) is 0 Å². The second-order valence-electron chi connectivity index (χ2n) is 5.45. The molecule has 23 heavy (non-hydrogen) atoms. The van der Waals surface area contributed by atoms with Gasteiger partial charge in [-0.2, -0.15) is 5.26 Å². The molecule has 0 unspecified atom stereocenters. The monoisotopic (exact) mass is 366 g/mol. The lowest BCUT2D eigenvalue weighted by Crippen LogP contribution is -2.13. The lowest BCUT2D eigenvalue weighted by molar-refractivity contribution is 0.601. The summed E-state index contributed by atoms with van der Waals surface area (Å²) in [6.45, 7) is 0. The molecule has 118 valence electrons. The minimum atomic E-state index is -3.84. The van der Waals surface area contributed by atoms with Crippen molar-refractivity contribution >= 4 is 38.9 Å². The first-order valence-corrected chi connectivity index (χ1v) is 9.10. The molecular weight excluding hydrogens is 355 g/mol. The maximum atomic E-state index is 12.4. The molecule has 0 aliphatic heterocycles. The third kappa shape index (κ3) is 3.16. The number of sulfonamides is 1. The Kier molecular flexibility index (Phi) is 4.01. The normalized spacial score (nSPS) is 15.7. The number of nitrogens with one attached hydrogen (secondary N) is 1. The lowest BCUT2D eigenvalue weighted by atomic mass is 9.98. The van der Waals surface area contributed by atoms with Crippen LogP contribution in [-0.2, 0) is 15.4 Å². The molecule has 0 spiro atoms. The lowest BCUT2D eigenvalue weighted by Gasteiger charge is -2.11. The average Bonchev–Trinajstić information content (AvgIpc) is 3.31. The summed E-state index contributed by atoms with van der Waals surface area (Å²) < 4.78 is 27.3. The van der Waals surface area contributed by atoms with Gasteiger partial charge >= 0.3 is 0 Å². The molecule has 4 nitrogen and oxygen atoms in total. The first-order valence-electron chi connectivity index (χ1n) is 6.86. The van der Waals surface area contributed by atoms with Crippen molar-refractivity contribution in [3.8, 4) is 6.07 Å². The molecule has 0 radical (unpaired) electrons. The highest BCUT2D eigenvalue weighted by Crippen LogP contribution is 2.47. The fraction of sp³-hybridized carbons (Fsp3) is 0.188. The average molecular weight is 367 g/mol. The van der Waals surface area contributed by atoms with Crippen molar-refractivity contribution in [1.82, 2.24) is 0 Å². The molecule has 3 rings (SSSR count). The van der Waals surface area contributed by atoms with Gasteiger partial charge in [0.25, 0.3) is 10.0 Å². The maximum Gasteiger partial charge on any atom is 0.263 e. The van der Waals surface area contributed by atoms with Crippen LogP contribution in [0.15, 0.2) is 47.4 Å². The molecule has 2 aromatic rings. The zero-order valence-electron chi connectivity index (χ0n) is 11.9. The SMILES string of the molecule is N#CC1(c2ccc(NS(=O)(=O)c3cc(Cl)ccc3Cl)cc2)CC1. The van der Waals surface area contributed by atoms with Crippen LogP contribution in [0.3, 0.4) is 0 Å². The maximum absolute atomic E-state index is 12.4. The minimum Gasteiger partial charge on any atom is -0.280 e. The Bertz CT molecular complexity index is 899. The highest BCUT2D eigenvalue weighted by Gasteiger charge is 2.44. The minimum absolute atomic E-state index is 0.0774. The van der Waals surface area contributed by atoms with Gasteiger partial charge in [0.05, 0.1) is 16.5 Å². The first kappa shape index (κ1) is 16.1. The van der Waals surface area contributed by atoms with E-state index >= 15 is 0 Å². The van der Waals surface area contributed by atoms with Crippen molar-refractivity contribution in [2.75, 3.05) is 4.72 Å². The fourth-order valence-electron chi connectivity index (χ4n) is 2.34. The van der Waals surface area contributed by atoms with E-state index in [4.69, 9.17) is 23.2 Å². The number of nitrogens with zero attached hydrogens (tertiary/aromatic N) is 1. The Morgan fingerprint density at radius 1 is 1.09 bits per heavy atom. The first-order chi connectivity index (χ1) is 10.9. The highest BCUT2D eigenvalue weighted by molar-refractivity contribution is 7.92. The Morgan fingerprint density at radius 2 is 1.74 bits per heavy atom. The number of anilines is 1. The number of halogens is 2. The van der Waals surface area contributed by atoms with E-state index in [1.165, 1.54) is 18.2 Å². The Labute approximate surface area is 144 Å². The second kappa shape index (κ2) is 5.72. The van der Waals surface area contributed by atoms with E-state index in [1.54, 1.807) is 24.3 Å². The standard InChI is InChI=1S/C16H12Cl2N2O2S/c17-12-3-6-14(18)15(9-12)23(21,22)20-13-4-1-11(2-5-13)16(10-19)7-8-16/h1-6,9,20H,7-8H2. The summed E-state index contributed by atoms with van der Waals surface area (Å²) in [5.41, 5.74) is 0.912. The molecule has 2 aromatic carbocycles. The summed E-state index contributed by atoms with van der Waals surface area (Å²) in [4.78, 5) is -0.0774. The van der Waals surface area contributed by atoms with Crippen LogP contribution in [0, 0.1) is 11.3 Å². The summed E-state index contributed by atoms with van der Waals surface area (Å²) in [5, 5.41) is 9.57. The van der Waals surface area contributed by atoms with E-state index < -0.39 is 15.4 Å². The number of hydrogen-bond donors (Lipinski definition) is 1. The van der Waals surface area contributed by atoms with Gasteiger partial charge in [-0.25, -0.2) is 8.42 Å². The summed E-state index contributed by atoms with van der Waals surface area (Å²) in [7, 11) is -3.84. The van der Waals surface area contributed by atoms with E-state index in [9.17, 15) is 13.7 Å². The highest BCUT2D eigenvalue weighted by atomic mass is 35.5. The van der Waals surface area contributed by atoms with Crippen molar-refractivity contribution in [1.29, 1.82) is 5.26 Å². The van der Waals surface area contributed by atoms with Crippen LogP contribution in [0.4, 0.5) is 5.69 Å². The van der Waals surface area contributed by atoms with Gasteiger partial charge in [0.15, 0.2) is 0 Å². The van der Waals surface area contributed by atoms with Crippen LogP contribution < -0.4 is 4.72 Å². The second-order valence-corrected chi connectivity index (χ2v) is 7.95. The topological polar surface area (TPSA) is 70.0 Å². The van der Waals surface area contributed by atoms with Gasteiger partial charge in [-0.15, -0.1) is 0 Å². The fourth-order valence-corrected chi connectivity index (χ4v) is 4.16. The largest absolute Gasteiger partial charge is 0.280 e. The molecular formula is C16H12Cl2N2O2S. The molecule has 0 amide bonds. The predicted octanol–water partition coefficient (Wildman–Crippen LogP) is 4.35. The molecule has 1 aliphatic rings. The predicted molar refractivity (Wildman–Crippen MR) is 90.2 cm³/mol. The van der Waals surface area contributed by atoms with Crippen molar-refractivity contribution in [2.45, 2.75) is 23.2 Å². The summed E-state index contributed by atoms with van der Waals surface area (Å²) in [5.74, 6) is 0. The Hall–Kier alpha value is -1.74. The zero-order valence-corrected chi connectivity index (χ0v) is 14.2. The van der Waals surface area contributed by atoms with Gasteiger partial charge in [-0.1, -0.05) is 35.3 Å². The van der Waals surface area contributed by atoms with Gasteiger partial charge in [-0.05, 0) is 48.7 Å². The van der Waals surface area contributed by atoms with Crippen LogP contribution in [0.2, 0.25) is 10.0 Å². The molecule has 1 aliphatic carbocycles. The van der Waals surface area contributed by atoms with Gasteiger partial charge in [0.2, 0.25) is 0 Å². The van der Waals surface area contributed by atoms with Crippen LogP contribution in [0.5, 0.6) is 0 Å². The molecule has 0 bridgehead atoms. The van der Waals surface area contributed by atoms with Crippen molar-refractivity contribution in [3.63, 3.8) is 0 Å². The van der Waals surface area contributed by atoms with Crippen LogP contribution in [0.25, 0.3) is 0 Å². The number of nitriles is 1. The molecule has 1 N–H and O–H groups in total. The molecule has 1 saturated carbocycles. The van der Waals surface area contributed by atoms with Crippen molar-refractivity contribution < 1.29 is 8.42 Å². The van der Waals surface area contributed by atoms with E-state index in [0.29, 0.717) is 5.69 Å². The van der Waals surface area contributed by atoms with Crippen LogP contribution in [-0.4, -0.2) is 8.42 Å². The third-order valence-corrected chi connectivity index (χ3v) is 5.93. The number of hydrogen-bond acceptors (Lipinski definition) is 3. The smallest absolute Gasteiger partial charge is 0.263 e. The zero-order chi connectivity index (χ0) is 16.7. The summed E-state index contributed by atoms with van der Waals surface area (Å²) >= 11 is 11.8. The Balaban J connectivity index is 1.86. The summed E-state index contributed by atoms with van der Waals surface area (Å²) in [6.07, 6.45) is 1.68. The van der Waals surface area contributed by atoms with Gasteiger partial charge in [-0.3, -0.25) is 4.72 Å². The van der Waals surface area contributed by atoms with Crippen LogP contribution >= 0.6 is 23.2 Å². The van der Waals surface area contributed by atoms with Gasteiger partial charge in [0, 0.05) is 10.7 Å². The molecule has 1 fully saturated rings. The molecule has 0 aromatic heterocycles. The molecule has 0 atom stereocenters.